The maximum Gasteiger partial charge on any atom is 0.677 e. The van der Waals surface area contributed by atoms with Gasteiger partial charge in [-0.1, -0.05) is 41.5 Å². The molecule has 7 nitrogen and oxygen atoms in total. The van der Waals surface area contributed by atoms with Crippen molar-refractivity contribution in [2.75, 3.05) is 0 Å². The zero-order valence-electron chi connectivity index (χ0n) is 23.7. The van der Waals surface area contributed by atoms with Crippen LogP contribution in [0.2, 0.25) is 0 Å². The van der Waals surface area contributed by atoms with Crippen LogP contribution in [0.4, 0.5) is 0 Å². The Morgan fingerprint density at radius 2 is 0.636 bits per heavy atom. The molecule has 0 aromatic heterocycles. The van der Waals surface area contributed by atoms with Crippen LogP contribution in [0.15, 0.2) is 0 Å². The van der Waals surface area contributed by atoms with E-state index in [1.807, 2.05) is 62.3 Å². The molecule has 6 atom stereocenters. The fraction of sp³-hybridized carbons (Fsp3) is 1.00. The molecule has 0 bridgehead atoms. The van der Waals surface area contributed by atoms with Gasteiger partial charge >= 0.3 is 9.05 Å². The molecule has 6 unspecified atom stereocenters. The molecule has 0 radical (unpaired) electrons. The second kappa shape index (κ2) is 29.1. The Balaban J connectivity index is -0.000000133. The van der Waals surface area contributed by atoms with Gasteiger partial charge in [0.1, 0.15) is 0 Å². The summed E-state index contributed by atoms with van der Waals surface area (Å²) in [6.07, 6.45) is 4.54. The predicted molar refractivity (Wildman–Crippen MR) is 136 cm³/mol. The molecule has 0 aliphatic heterocycles. The Kier molecular flexibility index (Phi) is 38.6. The summed E-state index contributed by atoms with van der Waals surface area (Å²) >= 11 is 0. The number of aliphatic hydroxyl groups excluding tert-OH is 3. The van der Waals surface area contributed by atoms with Crippen LogP contribution in [0.1, 0.15) is 122 Å². The SMILES string of the molecule is CCC(C)O.CCC(C)O.CCC(C)O.CCC(C)O[Si](O)(OC(C)CC)OC(C)CC.[Zr]. The van der Waals surface area contributed by atoms with Crippen LogP contribution in [0.25, 0.3) is 0 Å². The third-order valence-corrected chi connectivity index (χ3v) is 6.65. The molecule has 0 aliphatic carbocycles. The smallest absolute Gasteiger partial charge is 0.393 e. The van der Waals surface area contributed by atoms with E-state index in [9.17, 15) is 4.80 Å². The monoisotopic (exact) mass is 576 g/mol. The van der Waals surface area contributed by atoms with Crippen molar-refractivity contribution in [1.29, 1.82) is 0 Å². The molecule has 0 spiro atoms. The van der Waals surface area contributed by atoms with E-state index in [-0.39, 0.29) is 62.8 Å². The van der Waals surface area contributed by atoms with Crippen LogP contribution in [0, 0.1) is 0 Å². The van der Waals surface area contributed by atoms with Gasteiger partial charge in [-0.05, 0) is 80.1 Å². The molecule has 0 heterocycles. The zero-order chi connectivity index (χ0) is 26.3. The van der Waals surface area contributed by atoms with Gasteiger partial charge in [0.2, 0.25) is 0 Å². The standard InChI is InChI=1S/C12H28O4Si.3C4H10O.Zr/c1-7-10(4)14-17(13,15-11(5)8-2)16-12(6)9-3;3*1-3-4(2)5;/h10-13H,7-9H2,1-6H3;3*4-5H,3H2,1-2H3;. The van der Waals surface area contributed by atoms with Crippen molar-refractivity contribution in [2.24, 2.45) is 0 Å². The summed E-state index contributed by atoms with van der Waals surface area (Å²) in [5.41, 5.74) is 0. The van der Waals surface area contributed by atoms with Gasteiger partial charge in [-0.3, -0.25) is 0 Å². The first-order valence-electron chi connectivity index (χ1n) is 12.5. The van der Waals surface area contributed by atoms with Crippen LogP contribution >= 0.6 is 0 Å². The van der Waals surface area contributed by atoms with E-state index in [2.05, 4.69) is 0 Å². The van der Waals surface area contributed by atoms with Crippen LogP contribution in [0.3, 0.4) is 0 Å². The van der Waals surface area contributed by atoms with Gasteiger partial charge in [0.05, 0.1) is 18.3 Å². The average molecular weight is 578 g/mol. The van der Waals surface area contributed by atoms with E-state index in [0.717, 1.165) is 38.5 Å². The molecule has 9 heteroatoms. The van der Waals surface area contributed by atoms with Crippen molar-refractivity contribution < 1.29 is 59.6 Å². The van der Waals surface area contributed by atoms with E-state index >= 15 is 0 Å². The molecule has 0 rings (SSSR count). The molecule has 0 saturated carbocycles. The van der Waals surface area contributed by atoms with E-state index in [4.69, 9.17) is 28.6 Å². The van der Waals surface area contributed by atoms with Gasteiger partial charge < -0.3 is 33.4 Å². The van der Waals surface area contributed by atoms with Crippen molar-refractivity contribution in [2.45, 2.75) is 158 Å². The van der Waals surface area contributed by atoms with E-state index in [1.165, 1.54) is 0 Å². The van der Waals surface area contributed by atoms with E-state index in [1.54, 1.807) is 20.8 Å². The van der Waals surface area contributed by atoms with Crippen LogP contribution in [-0.2, 0) is 39.5 Å². The topological polar surface area (TPSA) is 109 Å². The minimum absolute atomic E-state index is 0. The van der Waals surface area contributed by atoms with Crippen LogP contribution in [0.5, 0.6) is 0 Å². The molecule has 0 aliphatic rings. The van der Waals surface area contributed by atoms with Gasteiger partial charge in [-0.2, -0.15) is 0 Å². The Labute approximate surface area is 226 Å². The van der Waals surface area contributed by atoms with Gasteiger partial charge in [-0.25, -0.2) is 0 Å². The van der Waals surface area contributed by atoms with Gasteiger partial charge in [-0.15, -0.1) is 0 Å². The quantitative estimate of drug-likeness (QED) is 0.236. The van der Waals surface area contributed by atoms with Gasteiger partial charge in [0, 0.05) is 44.5 Å². The fourth-order valence-corrected chi connectivity index (χ4v) is 3.29. The summed E-state index contributed by atoms with van der Waals surface area (Å²) in [4.78, 5) is 10.4. The first-order valence-corrected chi connectivity index (χ1v) is 14.1. The molecule has 33 heavy (non-hydrogen) atoms. The Bertz CT molecular complexity index is 311. The molecule has 0 aromatic rings. The molecular formula is C24H58O7SiZr. The molecule has 0 saturated heterocycles. The van der Waals surface area contributed by atoms with Crippen LogP contribution < -0.4 is 0 Å². The van der Waals surface area contributed by atoms with Gasteiger partial charge in [0.15, 0.2) is 0 Å². The number of hydrogen-bond acceptors (Lipinski definition) is 7. The molecule has 0 aromatic carbocycles. The van der Waals surface area contributed by atoms with E-state index in [0.29, 0.717) is 0 Å². The summed E-state index contributed by atoms with van der Waals surface area (Å²) in [5, 5.41) is 25.1. The summed E-state index contributed by atoms with van der Waals surface area (Å²) in [6, 6.07) is 0. The van der Waals surface area contributed by atoms with Crippen molar-refractivity contribution in [1.82, 2.24) is 0 Å². The molecule has 0 fully saturated rings. The molecular weight excluding hydrogens is 520 g/mol. The number of hydrogen-bond donors (Lipinski definition) is 4. The Morgan fingerprint density at radius 3 is 0.727 bits per heavy atom. The van der Waals surface area contributed by atoms with Gasteiger partial charge in [0.25, 0.3) is 0 Å². The minimum Gasteiger partial charge on any atom is -0.393 e. The number of aliphatic hydroxyl groups is 3. The second-order valence-electron chi connectivity index (χ2n) is 8.31. The molecule has 4 N–H and O–H groups in total. The third kappa shape index (κ3) is 40.3. The van der Waals surface area contributed by atoms with Crippen molar-refractivity contribution in [3.05, 3.63) is 0 Å². The molecule has 0 amide bonds. The predicted octanol–water partition coefficient (Wildman–Crippen LogP) is 5.19. The molecule has 204 valence electrons. The Hall–Kier alpha value is 0.820. The maximum atomic E-state index is 10.4. The summed E-state index contributed by atoms with van der Waals surface area (Å²) in [6.45, 7) is 22.9. The summed E-state index contributed by atoms with van der Waals surface area (Å²) < 4.78 is 16.7. The second-order valence-corrected chi connectivity index (χ2v) is 10.1. The maximum absolute atomic E-state index is 10.4. The van der Waals surface area contributed by atoms with Crippen molar-refractivity contribution in [3.8, 4) is 0 Å². The third-order valence-electron chi connectivity index (χ3n) is 4.55. The largest absolute Gasteiger partial charge is 0.677 e. The van der Waals surface area contributed by atoms with Crippen molar-refractivity contribution in [3.63, 3.8) is 0 Å². The average Bonchev–Trinajstić information content (AvgIpc) is 2.73. The minimum atomic E-state index is -3.50. The summed E-state index contributed by atoms with van der Waals surface area (Å²) in [5.74, 6) is 0. The first-order chi connectivity index (χ1) is 14.7. The summed E-state index contributed by atoms with van der Waals surface area (Å²) in [7, 11) is -3.50. The van der Waals surface area contributed by atoms with Crippen LogP contribution in [-0.4, -0.2) is 65.8 Å². The first kappa shape index (κ1) is 43.9. The Morgan fingerprint density at radius 1 is 0.485 bits per heavy atom. The fourth-order valence-electron chi connectivity index (χ4n) is 1.10. The van der Waals surface area contributed by atoms with E-state index < -0.39 is 9.05 Å². The normalized spacial score (nSPS) is 17.5. The van der Waals surface area contributed by atoms with Crippen molar-refractivity contribution >= 4 is 9.05 Å². The zero-order valence-corrected chi connectivity index (χ0v) is 27.2. The number of rotatable bonds is 12.